The minimum atomic E-state index is -3.65. The molecule has 0 radical (unpaired) electrons. The summed E-state index contributed by atoms with van der Waals surface area (Å²) in [6.45, 7) is 0.0187. The van der Waals surface area contributed by atoms with Crippen LogP contribution in [-0.2, 0) is 16.6 Å². The molecule has 0 unspecified atom stereocenters. The van der Waals surface area contributed by atoms with Gasteiger partial charge >= 0.3 is 0 Å². The quantitative estimate of drug-likeness (QED) is 0.594. The maximum Gasteiger partial charge on any atom is 0.240 e. The van der Waals surface area contributed by atoms with Crippen LogP contribution >= 0.6 is 23.2 Å². The van der Waals surface area contributed by atoms with E-state index in [9.17, 15) is 8.42 Å². The van der Waals surface area contributed by atoms with Gasteiger partial charge in [-0.05, 0) is 48.5 Å². The van der Waals surface area contributed by atoms with Gasteiger partial charge in [0.15, 0.2) is 0 Å². The highest BCUT2D eigenvalue weighted by Crippen LogP contribution is 2.23. The molecule has 0 bridgehead atoms. The molecule has 0 saturated carbocycles. The molecule has 0 aliphatic heterocycles. The van der Waals surface area contributed by atoms with E-state index in [0.29, 0.717) is 27.3 Å². The number of hydrogen-bond acceptors (Lipinski definition) is 4. The summed E-state index contributed by atoms with van der Waals surface area (Å²) >= 11 is 11.8. The fraction of sp³-hybridized carbons (Fsp3) is 0.0556. The van der Waals surface area contributed by atoms with Crippen LogP contribution in [0.2, 0.25) is 10.0 Å². The second kappa shape index (κ2) is 8.05. The summed E-state index contributed by atoms with van der Waals surface area (Å²) in [6, 6.07) is 16.5. The van der Waals surface area contributed by atoms with Gasteiger partial charge in [-0.25, -0.2) is 13.1 Å². The molecule has 1 N–H and O–H groups in total. The van der Waals surface area contributed by atoms with Crippen molar-refractivity contribution in [1.82, 2.24) is 4.72 Å². The Kier molecular flexibility index (Phi) is 5.78. The zero-order chi connectivity index (χ0) is 18.6. The SMILES string of the molecule is O=S(=O)(NCc1ccc(C=Nc2ccccc2Cl)o1)c1ccc(Cl)cc1. The normalized spacial score (nSPS) is 11.9. The van der Waals surface area contributed by atoms with Crippen LogP contribution in [0.15, 0.2) is 75.0 Å². The Morgan fingerprint density at radius 2 is 1.73 bits per heavy atom. The first kappa shape index (κ1) is 18.7. The summed E-state index contributed by atoms with van der Waals surface area (Å²) in [5.41, 5.74) is 0.621. The van der Waals surface area contributed by atoms with Crippen LogP contribution in [0.5, 0.6) is 0 Å². The van der Waals surface area contributed by atoms with Crippen molar-refractivity contribution in [3.63, 3.8) is 0 Å². The van der Waals surface area contributed by atoms with Crippen LogP contribution in [0.25, 0.3) is 0 Å². The summed E-state index contributed by atoms with van der Waals surface area (Å²) in [5, 5.41) is 1.00. The Balaban J connectivity index is 1.65. The van der Waals surface area contributed by atoms with Crippen molar-refractivity contribution in [3.8, 4) is 0 Å². The van der Waals surface area contributed by atoms with Crippen molar-refractivity contribution in [2.75, 3.05) is 0 Å². The summed E-state index contributed by atoms with van der Waals surface area (Å²) in [4.78, 5) is 4.39. The van der Waals surface area contributed by atoms with E-state index < -0.39 is 10.0 Å². The van der Waals surface area contributed by atoms with E-state index in [1.807, 2.05) is 12.1 Å². The Hall–Kier alpha value is -2.12. The monoisotopic (exact) mass is 408 g/mol. The molecule has 1 heterocycles. The number of aliphatic imine (C=N–C) groups is 1. The lowest BCUT2D eigenvalue weighted by molar-refractivity contribution is 0.494. The third kappa shape index (κ3) is 4.74. The van der Waals surface area contributed by atoms with Gasteiger partial charge in [0.2, 0.25) is 10.0 Å². The lowest BCUT2D eigenvalue weighted by Gasteiger charge is -2.05. The zero-order valence-corrected chi connectivity index (χ0v) is 15.7. The molecular weight excluding hydrogens is 395 g/mol. The summed E-state index contributed by atoms with van der Waals surface area (Å²) in [7, 11) is -3.65. The number of rotatable bonds is 6. The number of para-hydroxylation sites is 1. The molecule has 0 spiro atoms. The highest BCUT2D eigenvalue weighted by molar-refractivity contribution is 7.89. The van der Waals surface area contributed by atoms with E-state index >= 15 is 0 Å². The molecule has 5 nitrogen and oxygen atoms in total. The predicted molar refractivity (Wildman–Crippen MR) is 103 cm³/mol. The van der Waals surface area contributed by atoms with Gasteiger partial charge in [-0.15, -0.1) is 0 Å². The molecule has 0 atom stereocenters. The predicted octanol–water partition coefficient (Wildman–Crippen LogP) is 4.82. The average Bonchev–Trinajstić information content (AvgIpc) is 3.08. The van der Waals surface area contributed by atoms with E-state index in [-0.39, 0.29) is 11.4 Å². The number of nitrogens with one attached hydrogen (secondary N) is 1. The van der Waals surface area contributed by atoms with Crippen LogP contribution in [0.4, 0.5) is 5.69 Å². The van der Waals surface area contributed by atoms with E-state index in [2.05, 4.69) is 9.71 Å². The Bertz CT molecular complexity index is 1030. The molecule has 26 heavy (non-hydrogen) atoms. The van der Waals surface area contributed by atoms with Gasteiger partial charge in [0.25, 0.3) is 0 Å². The number of nitrogens with zero attached hydrogens (tertiary/aromatic N) is 1. The highest BCUT2D eigenvalue weighted by atomic mass is 35.5. The molecule has 3 aromatic rings. The molecule has 3 rings (SSSR count). The standard InChI is InChI=1S/C18H14Cl2N2O3S/c19-13-5-9-16(10-6-13)26(23,24)22-12-15-8-7-14(25-15)11-21-18-4-2-1-3-17(18)20/h1-11,22H,12H2. The topological polar surface area (TPSA) is 71.7 Å². The Morgan fingerprint density at radius 3 is 2.46 bits per heavy atom. The summed E-state index contributed by atoms with van der Waals surface area (Å²) in [5.74, 6) is 0.953. The minimum Gasteiger partial charge on any atom is -0.459 e. The molecule has 8 heteroatoms. The number of benzene rings is 2. The Labute approximate surface area is 161 Å². The van der Waals surface area contributed by atoms with E-state index in [0.717, 1.165) is 0 Å². The summed E-state index contributed by atoms with van der Waals surface area (Å²) < 4.78 is 32.5. The van der Waals surface area contributed by atoms with E-state index in [1.165, 1.54) is 30.5 Å². The Morgan fingerprint density at radius 1 is 1.00 bits per heavy atom. The zero-order valence-electron chi connectivity index (χ0n) is 13.4. The molecule has 0 fully saturated rings. The highest BCUT2D eigenvalue weighted by Gasteiger charge is 2.14. The van der Waals surface area contributed by atoms with Crippen LogP contribution in [0, 0.1) is 0 Å². The number of halogens is 2. The number of hydrogen-bond donors (Lipinski definition) is 1. The first-order chi connectivity index (χ1) is 12.4. The van der Waals surface area contributed by atoms with E-state index in [1.54, 1.807) is 24.3 Å². The largest absolute Gasteiger partial charge is 0.459 e. The van der Waals surface area contributed by atoms with Crippen molar-refractivity contribution in [3.05, 3.63) is 82.2 Å². The average molecular weight is 409 g/mol. The second-order valence-corrected chi connectivity index (χ2v) is 7.90. The van der Waals surface area contributed by atoms with Crippen molar-refractivity contribution >= 4 is 45.1 Å². The van der Waals surface area contributed by atoms with Gasteiger partial charge in [-0.3, -0.25) is 4.99 Å². The summed E-state index contributed by atoms with van der Waals surface area (Å²) in [6.07, 6.45) is 1.53. The van der Waals surface area contributed by atoms with Crippen molar-refractivity contribution in [2.45, 2.75) is 11.4 Å². The molecule has 0 saturated heterocycles. The molecular formula is C18H14Cl2N2O3S. The van der Waals surface area contributed by atoms with Gasteiger partial charge in [-0.2, -0.15) is 0 Å². The molecule has 0 aliphatic rings. The molecule has 1 aromatic heterocycles. The smallest absolute Gasteiger partial charge is 0.240 e. The fourth-order valence-electron chi connectivity index (χ4n) is 2.11. The second-order valence-electron chi connectivity index (χ2n) is 5.29. The van der Waals surface area contributed by atoms with E-state index in [4.69, 9.17) is 27.6 Å². The first-order valence-corrected chi connectivity index (χ1v) is 9.80. The van der Waals surface area contributed by atoms with Crippen LogP contribution in [0.3, 0.4) is 0 Å². The fourth-order valence-corrected chi connectivity index (χ4v) is 3.42. The maximum atomic E-state index is 12.2. The van der Waals surface area contributed by atoms with Gasteiger partial charge in [-0.1, -0.05) is 35.3 Å². The van der Waals surface area contributed by atoms with Crippen molar-refractivity contribution < 1.29 is 12.8 Å². The number of sulfonamides is 1. The third-order valence-corrected chi connectivity index (χ3v) is 5.41. The van der Waals surface area contributed by atoms with Crippen LogP contribution < -0.4 is 4.72 Å². The third-order valence-electron chi connectivity index (χ3n) is 3.43. The van der Waals surface area contributed by atoms with Crippen molar-refractivity contribution in [1.29, 1.82) is 0 Å². The van der Waals surface area contributed by atoms with Gasteiger partial charge < -0.3 is 4.42 Å². The first-order valence-electron chi connectivity index (χ1n) is 7.56. The van der Waals surface area contributed by atoms with Gasteiger partial charge in [0.1, 0.15) is 11.5 Å². The molecule has 134 valence electrons. The molecule has 0 amide bonds. The lowest BCUT2D eigenvalue weighted by Crippen LogP contribution is -2.22. The van der Waals surface area contributed by atoms with Crippen LogP contribution in [-0.4, -0.2) is 14.6 Å². The van der Waals surface area contributed by atoms with Crippen molar-refractivity contribution in [2.24, 2.45) is 4.99 Å². The number of furan rings is 1. The van der Waals surface area contributed by atoms with Gasteiger partial charge in [0.05, 0.1) is 28.4 Å². The molecule has 0 aliphatic carbocycles. The minimum absolute atomic E-state index is 0.0187. The lowest BCUT2D eigenvalue weighted by atomic mass is 10.3. The molecule has 2 aromatic carbocycles. The van der Waals surface area contributed by atoms with Gasteiger partial charge in [0, 0.05) is 5.02 Å². The maximum absolute atomic E-state index is 12.2. The van der Waals surface area contributed by atoms with Crippen LogP contribution in [0.1, 0.15) is 11.5 Å².